The Morgan fingerprint density at radius 3 is 2.34 bits per heavy atom. The fourth-order valence-electron chi connectivity index (χ4n) is 3.17. The van der Waals surface area contributed by atoms with Crippen LogP contribution in [-0.2, 0) is 14.3 Å². The molecular formula is C24H34ClN3O4. The number of carbonyl (C=O) groups is 2. The molecule has 0 saturated heterocycles. The number of aromatic nitrogens is 3. The molecule has 2 rings (SSSR count). The highest BCUT2D eigenvalue weighted by atomic mass is 35.5. The Bertz CT molecular complexity index is 822. The van der Waals surface area contributed by atoms with Crippen LogP contribution in [0.2, 0.25) is 5.02 Å². The first-order valence-electron chi connectivity index (χ1n) is 11.3. The van der Waals surface area contributed by atoms with Crippen molar-refractivity contribution in [1.29, 1.82) is 0 Å². The molecule has 0 aliphatic carbocycles. The monoisotopic (exact) mass is 463 g/mol. The van der Waals surface area contributed by atoms with Crippen molar-refractivity contribution in [3.8, 4) is 5.75 Å². The summed E-state index contributed by atoms with van der Waals surface area (Å²) >= 11 is 5.93. The second-order valence-electron chi connectivity index (χ2n) is 8.58. The first kappa shape index (κ1) is 25.8. The first-order chi connectivity index (χ1) is 15.3. The van der Waals surface area contributed by atoms with Crippen molar-refractivity contribution in [2.24, 2.45) is 5.41 Å². The predicted molar refractivity (Wildman–Crippen MR) is 123 cm³/mol. The Balaban J connectivity index is 1.88. The predicted octanol–water partition coefficient (Wildman–Crippen LogP) is 5.79. The topological polar surface area (TPSA) is 83.3 Å². The quantitative estimate of drug-likeness (QED) is 0.245. The van der Waals surface area contributed by atoms with Gasteiger partial charge < -0.3 is 9.47 Å². The van der Waals surface area contributed by atoms with E-state index < -0.39 is 11.6 Å². The number of benzene rings is 1. The van der Waals surface area contributed by atoms with Crippen LogP contribution in [0.1, 0.15) is 78.4 Å². The van der Waals surface area contributed by atoms with Gasteiger partial charge in [-0.1, -0.05) is 57.0 Å². The van der Waals surface area contributed by atoms with E-state index in [0.29, 0.717) is 17.2 Å². The van der Waals surface area contributed by atoms with Gasteiger partial charge in [0.15, 0.2) is 0 Å². The number of nitrogens with zero attached hydrogens (tertiary/aromatic N) is 3. The molecule has 0 fully saturated rings. The van der Waals surface area contributed by atoms with Crippen molar-refractivity contribution in [3.63, 3.8) is 0 Å². The van der Waals surface area contributed by atoms with E-state index in [4.69, 9.17) is 21.1 Å². The van der Waals surface area contributed by atoms with E-state index in [1.165, 1.54) is 43.0 Å². The maximum atomic E-state index is 13.3. The molecule has 8 heteroatoms. The van der Waals surface area contributed by atoms with Crippen LogP contribution in [0.5, 0.6) is 5.75 Å². The van der Waals surface area contributed by atoms with Crippen LogP contribution in [-0.4, -0.2) is 33.1 Å². The van der Waals surface area contributed by atoms with Crippen molar-refractivity contribution in [1.82, 2.24) is 14.8 Å². The zero-order valence-corrected chi connectivity index (χ0v) is 20.0. The Labute approximate surface area is 195 Å². The van der Waals surface area contributed by atoms with E-state index in [1.807, 2.05) is 0 Å². The number of ketones is 1. The third-order valence-corrected chi connectivity index (χ3v) is 5.46. The van der Waals surface area contributed by atoms with Crippen LogP contribution < -0.4 is 4.74 Å². The lowest BCUT2D eigenvalue weighted by Gasteiger charge is -2.28. The summed E-state index contributed by atoms with van der Waals surface area (Å²) in [6, 6.07) is 6.70. The van der Waals surface area contributed by atoms with Crippen LogP contribution in [0, 0.1) is 5.41 Å². The molecule has 1 aromatic heterocycles. The van der Waals surface area contributed by atoms with Gasteiger partial charge in [0.1, 0.15) is 25.0 Å². The third-order valence-electron chi connectivity index (χ3n) is 5.21. The van der Waals surface area contributed by atoms with E-state index >= 15 is 0 Å². The molecule has 7 nitrogen and oxygen atoms in total. The fourth-order valence-corrected chi connectivity index (χ4v) is 3.30. The molecule has 1 unspecified atom stereocenters. The molecular weight excluding hydrogens is 430 g/mol. The molecule has 2 aromatic rings. The van der Waals surface area contributed by atoms with Gasteiger partial charge in [-0.05, 0) is 44.5 Å². The molecule has 1 heterocycles. The van der Waals surface area contributed by atoms with E-state index in [-0.39, 0.29) is 18.4 Å². The molecule has 1 atom stereocenters. The number of Topliss-reactive ketones (excluding diaryl/α,β-unsaturated/α-hetero) is 1. The molecule has 0 bridgehead atoms. The van der Waals surface area contributed by atoms with Crippen molar-refractivity contribution in [3.05, 3.63) is 41.9 Å². The van der Waals surface area contributed by atoms with E-state index in [9.17, 15) is 9.59 Å². The van der Waals surface area contributed by atoms with Gasteiger partial charge in [0.05, 0.1) is 5.41 Å². The summed E-state index contributed by atoms with van der Waals surface area (Å²) in [4.78, 5) is 29.4. The normalized spacial score (nSPS) is 12.4. The van der Waals surface area contributed by atoms with Gasteiger partial charge in [0, 0.05) is 11.4 Å². The van der Waals surface area contributed by atoms with Gasteiger partial charge in [-0.15, -0.1) is 0 Å². The Hall–Kier alpha value is -2.41. The molecule has 0 amide bonds. The highest BCUT2D eigenvalue weighted by Crippen LogP contribution is 2.28. The number of hydrogen-bond acceptors (Lipinski definition) is 6. The van der Waals surface area contributed by atoms with Gasteiger partial charge >= 0.3 is 5.97 Å². The Morgan fingerprint density at radius 1 is 1.06 bits per heavy atom. The van der Waals surface area contributed by atoms with Gasteiger partial charge in [-0.3, -0.25) is 9.59 Å². The minimum Gasteiger partial charge on any atom is -0.465 e. The van der Waals surface area contributed by atoms with Crippen LogP contribution in [0.25, 0.3) is 0 Å². The maximum absolute atomic E-state index is 13.3. The molecule has 0 radical (unpaired) electrons. The largest absolute Gasteiger partial charge is 0.465 e. The molecule has 176 valence electrons. The average Bonchev–Trinajstić information content (AvgIpc) is 3.31. The lowest BCUT2D eigenvalue weighted by Crippen LogP contribution is -2.39. The average molecular weight is 464 g/mol. The first-order valence-corrected chi connectivity index (χ1v) is 11.7. The number of hydrogen-bond donors (Lipinski definition) is 0. The summed E-state index contributed by atoms with van der Waals surface area (Å²) in [5.41, 5.74) is -0.973. The van der Waals surface area contributed by atoms with Gasteiger partial charge in [0.2, 0.25) is 5.78 Å². The lowest BCUT2D eigenvalue weighted by molar-refractivity contribution is -0.152. The van der Waals surface area contributed by atoms with Crippen molar-refractivity contribution in [2.45, 2.75) is 78.4 Å². The molecule has 1 aromatic carbocycles. The molecule has 0 aliphatic heterocycles. The SMILES string of the molecule is CCCCCCCCCC(=O)OCC(C)(C)C(=O)C(Oc1ccc(Cl)cc1)n1cncn1. The highest BCUT2D eigenvalue weighted by molar-refractivity contribution is 6.30. The van der Waals surface area contributed by atoms with Crippen molar-refractivity contribution < 1.29 is 19.1 Å². The molecule has 0 saturated carbocycles. The fraction of sp³-hybridized carbons (Fsp3) is 0.583. The minimum absolute atomic E-state index is 0.0314. The zero-order valence-electron chi connectivity index (χ0n) is 19.3. The molecule has 0 spiro atoms. The number of unbranched alkanes of at least 4 members (excludes halogenated alkanes) is 6. The second-order valence-corrected chi connectivity index (χ2v) is 9.02. The van der Waals surface area contributed by atoms with Crippen molar-refractivity contribution in [2.75, 3.05) is 6.61 Å². The van der Waals surface area contributed by atoms with Gasteiger partial charge in [0.25, 0.3) is 6.23 Å². The summed E-state index contributed by atoms with van der Waals surface area (Å²) in [7, 11) is 0. The van der Waals surface area contributed by atoms with E-state index in [2.05, 4.69) is 17.0 Å². The standard InChI is InChI=1S/C24H34ClN3O4/c1-4-5-6-7-8-9-10-11-21(29)31-16-24(2,3)22(30)23(28-18-26-17-27-28)32-20-14-12-19(25)13-15-20/h12-15,17-18,23H,4-11,16H2,1-3H3. The zero-order chi connectivity index (χ0) is 23.4. The van der Waals surface area contributed by atoms with Crippen LogP contribution in [0.15, 0.2) is 36.9 Å². The number of rotatable bonds is 15. The maximum Gasteiger partial charge on any atom is 0.305 e. The molecule has 0 N–H and O–H groups in total. The van der Waals surface area contributed by atoms with Crippen LogP contribution in [0.4, 0.5) is 0 Å². The highest BCUT2D eigenvalue weighted by Gasteiger charge is 2.38. The lowest BCUT2D eigenvalue weighted by atomic mass is 9.88. The van der Waals surface area contributed by atoms with Gasteiger partial charge in [-0.2, -0.15) is 5.10 Å². The summed E-state index contributed by atoms with van der Waals surface area (Å²) in [6.45, 7) is 5.62. The van der Waals surface area contributed by atoms with E-state index in [1.54, 1.807) is 38.1 Å². The van der Waals surface area contributed by atoms with Crippen LogP contribution >= 0.6 is 11.6 Å². The molecule has 32 heavy (non-hydrogen) atoms. The van der Waals surface area contributed by atoms with Crippen LogP contribution in [0.3, 0.4) is 0 Å². The minimum atomic E-state index is -1.05. The number of ether oxygens (including phenoxy) is 2. The third kappa shape index (κ3) is 8.61. The van der Waals surface area contributed by atoms with Gasteiger partial charge in [-0.25, -0.2) is 9.67 Å². The Kier molecular flexibility index (Phi) is 10.7. The summed E-state index contributed by atoms with van der Waals surface area (Å²) in [5, 5.41) is 4.63. The van der Waals surface area contributed by atoms with Crippen molar-refractivity contribution >= 4 is 23.4 Å². The smallest absolute Gasteiger partial charge is 0.305 e. The summed E-state index contributed by atoms with van der Waals surface area (Å²) < 4.78 is 12.7. The number of carbonyl (C=O) groups excluding carboxylic acids is 2. The number of esters is 1. The van der Waals surface area contributed by atoms with E-state index in [0.717, 1.165) is 19.3 Å². The summed E-state index contributed by atoms with van der Waals surface area (Å²) in [5.74, 6) is -0.0907. The second kappa shape index (κ2) is 13.2. The Morgan fingerprint density at radius 2 is 1.72 bits per heavy atom. The molecule has 0 aliphatic rings. The number of halogens is 1. The summed E-state index contributed by atoms with van der Waals surface area (Å²) in [6.07, 6.45) is 9.99.